The Morgan fingerprint density at radius 1 is 1.00 bits per heavy atom. The zero-order chi connectivity index (χ0) is 12.5. The van der Waals surface area contributed by atoms with Crippen molar-refractivity contribution in [2.24, 2.45) is 0 Å². The van der Waals surface area contributed by atoms with Crippen molar-refractivity contribution < 1.29 is 9.36 Å². The Labute approximate surface area is 109 Å². The van der Waals surface area contributed by atoms with E-state index < -0.39 is 0 Å². The molecule has 0 fully saturated rings. The first-order valence-corrected chi connectivity index (χ1v) is 6.59. The van der Waals surface area contributed by atoms with Gasteiger partial charge in [0.15, 0.2) is 0 Å². The molecular formula is C15H12NOS+. The van der Waals surface area contributed by atoms with E-state index in [1.165, 1.54) is 0 Å². The number of hydrogen-bond donors (Lipinski definition) is 0. The molecule has 0 atom stereocenters. The number of hydrogen-bond acceptors (Lipinski definition) is 2. The van der Waals surface area contributed by atoms with Crippen LogP contribution in [0.25, 0.3) is 20.8 Å². The van der Waals surface area contributed by atoms with Crippen LogP contribution in [-0.4, -0.2) is 5.91 Å². The molecule has 0 N–H and O–H groups in total. The van der Waals surface area contributed by atoms with Crippen LogP contribution >= 0.6 is 11.3 Å². The van der Waals surface area contributed by atoms with Crippen LogP contribution in [0.1, 0.15) is 11.7 Å². The van der Waals surface area contributed by atoms with Gasteiger partial charge in [-0.1, -0.05) is 41.7 Å². The van der Waals surface area contributed by atoms with Crippen LogP contribution in [0.5, 0.6) is 0 Å². The molecule has 0 saturated heterocycles. The lowest BCUT2D eigenvalue weighted by Crippen LogP contribution is -2.40. The van der Waals surface area contributed by atoms with E-state index in [0.717, 1.165) is 20.8 Å². The first kappa shape index (κ1) is 11.1. The molecule has 0 aliphatic rings. The van der Waals surface area contributed by atoms with Gasteiger partial charge in [0.25, 0.3) is 5.01 Å². The van der Waals surface area contributed by atoms with Crippen LogP contribution in [0.4, 0.5) is 0 Å². The molecule has 0 spiro atoms. The molecule has 3 aromatic rings. The van der Waals surface area contributed by atoms with Gasteiger partial charge >= 0.3 is 5.91 Å². The van der Waals surface area contributed by atoms with Gasteiger partial charge in [-0.15, -0.1) is 4.57 Å². The van der Waals surface area contributed by atoms with Crippen LogP contribution in [0.2, 0.25) is 0 Å². The van der Waals surface area contributed by atoms with Gasteiger partial charge in [-0.25, -0.2) is 4.79 Å². The number of aromatic nitrogens is 1. The number of para-hydroxylation sites is 1. The molecule has 3 rings (SSSR count). The molecule has 0 aliphatic carbocycles. The van der Waals surface area contributed by atoms with E-state index in [1.54, 1.807) is 22.8 Å². The molecule has 2 nitrogen and oxygen atoms in total. The minimum absolute atomic E-state index is 0.0475. The summed E-state index contributed by atoms with van der Waals surface area (Å²) in [5.74, 6) is 0.0475. The summed E-state index contributed by atoms with van der Waals surface area (Å²) in [6, 6.07) is 18.0. The minimum Gasteiger partial charge on any atom is -0.219 e. The van der Waals surface area contributed by atoms with Crippen molar-refractivity contribution in [2.45, 2.75) is 6.92 Å². The third-order valence-electron chi connectivity index (χ3n) is 2.85. The van der Waals surface area contributed by atoms with Crippen molar-refractivity contribution in [3.8, 4) is 10.6 Å². The summed E-state index contributed by atoms with van der Waals surface area (Å²) in [6.07, 6.45) is 0. The lowest BCUT2D eigenvalue weighted by atomic mass is 10.2. The number of carbonyl (C=O) groups is 1. The normalized spacial score (nSPS) is 10.7. The number of rotatable bonds is 1. The fourth-order valence-corrected chi connectivity index (χ4v) is 3.26. The van der Waals surface area contributed by atoms with Crippen molar-refractivity contribution >= 4 is 27.5 Å². The highest BCUT2D eigenvalue weighted by molar-refractivity contribution is 7.21. The fourth-order valence-electron chi connectivity index (χ4n) is 2.07. The maximum Gasteiger partial charge on any atom is 0.390 e. The van der Waals surface area contributed by atoms with E-state index >= 15 is 0 Å². The highest BCUT2D eigenvalue weighted by atomic mass is 32.1. The summed E-state index contributed by atoms with van der Waals surface area (Å²) in [5.41, 5.74) is 2.06. The maximum absolute atomic E-state index is 11.9. The summed E-state index contributed by atoms with van der Waals surface area (Å²) in [5, 5.41) is 0.990. The Morgan fingerprint density at radius 2 is 1.67 bits per heavy atom. The van der Waals surface area contributed by atoms with Gasteiger partial charge in [0, 0.05) is 6.07 Å². The van der Waals surface area contributed by atoms with Crippen molar-refractivity contribution in [2.75, 3.05) is 0 Å². The SMILES string of the molecule is CC(=O)[n+]1c(-c2ccccc2)sc2ccccc21. The van der Waals surface area contributed by atoms with E-state index in [9.17, 15) is 4.79 Å². The molecule has 0 unspecified atom stereocenters. The number of fused-ring (bicyclic) bond motifs is 1. The molecule has 3 heteroatoms. The molecule has 1 heterocycles. The monoisotopic (exact) mass is 254 g/mol. The van der Waals surface area contributed by atoms with Crippen LogP contribution in [0.15, 0.2) is 54.6 Å². The number of carbonyl (C=O) groups excluding carboxylic acids is 1. The molecule has 0 radical (unpaired) electrons. The summed E-state index contributed by atoms with van der Waals surface area (Å²) in [4.78, 5) is 11.9. The molecule has 18 heavy (non-hydrogen) atoms. The molecular weight excluding hydrogens is 242 g/mol. The standard InChI is InChI=1S/C15H12NOS/c1-11(17)16-13-9-5-6-10-14(13)18-15(16)12-7-3-2-4-8-12/h2-10H,1H3/q+1. The molecule has 1 aromatic heterocycles. The topological polar surface area (TPSA) is 20.9 Å². The van der Waals surface area contributed by atoms with E-state index in [2.05, 4.69) is 0 Å². The Hall–Kier alpha value is -2.00. The van der Waals surface area contributed by atoms with Gasteiger partial charge in [0.1, 0.15) is 4.70 Å². The lowest BCUT2D eigenvalue weighted by molar-refractivity contribution is -0.528. The van der Waals surface area contributed by atoms with Gasteiger partial charge in [0.2, 0.25) is 5.52 Å². The van der Waals surface area contributed by atoms with Crippen LogP contribution in [0, 0.1) is 0 Å². The average Bonchev–Trinajstić information content (AvgIpc) is 2.79. The number of benzene rings is 2. The van der Waals surface area contributed by atoms with Gasteiger partial charge in [0.05, 0.1) is 12.5 Å². The molecule has 0 bridgehead atoms. The average molecular weight is 254 g/mol. The molecule has 0 amide bonds. The Morgan fingerprint density at radius 3 is 2.39 bits per heavy atom. The highest BCUT2D eigenvalue weighted by Crippen LogP contribution is 2.28. The fraction of sp³-hybridized carbons (Fsp3) is 0.0667. The minimum atomic E-state index is 0.0475. The van der Waals surface area contributed by atoms with E-state index in [-0.39, 0.29) is 5.91 Å². The van der Waals surface area contributed by atoms with E-state index in [1.807, 2.05) is 54.6 Å². The zero-order valence-electron chi connectivity index (χ0n) is 9.96. The van der Waals surface area contributed by atoms with Crippen molar-refractivity contribution in [3.63, 3.8) is 0 Å². The van der Waals surface area contributed by atoms with Gasteiger partial charge in [-0.2, -0.15) is 0 Å². The largest absolute Gasteiger partial charge is 0.390 e. The maximum atomic E-state index is 11.9. The van der Waals surface area contributed by atoms with E-state index in [4.69, 9.17) is 0 Å². The summed E-state index contributed by atoms with van der Waals surface area (Å²) in [7, 11) is 0. The smallest absolute Gasteiger partial charge is 0.219 e. The molecule has 0 saturated carbocycles. The van der Waals surface area contributed by atoms with Gasteiger partial charge in [-0.3, -0.25) is 0 Å². The second kappa shape index (κ2) is 4.35. The predicted molar refractivity (Wildman–Crippen MR) is 73.8 cm³/mol. The first-order chi connectivity index (χ1) is 8.77. The third kappa shape index (κ3) is 1.73. The third-order valence-corrected chi connectivity index (χ3v) is 4.03. The summed E-state index contributed by atoms with van der Waals surface area (Å²) < 4.78 is 2.92. The number of thiazole rings is 1. The molecule has 2 aromatic carbocycles. The van der Waals surface area contributed by atoms with Crippen molar-refractivity contribution in [3.05, 3.63) is 54.6 Å². The Kier molecular flexibility index (Phi) is 2.68. The summed E-state index contributed by atoms with van der Waals surface area (Å²) >= 11 is 1.65. The van der Waals surface area contributed by atoms with Crippen molar-refractivity contribution in [1.82, 2.24) is 0 Å². The van der Waals surface area contributed by atoms with Crippen LogP contribution < -0.4 is 4.57 Å². The molecule has 0 aliphatic heterocycles. The quantitative estimate of drug-likeness (QED) is 0.609. The van der Waals surface area contributed by atoms with Crippen LogP contribution in [0.3, 0.4) is 0 Å². The highest BCUT2D eigenvalue weighted by Gasteiger charge is 2.25. The Bertz CT molecular complexity index is 716. The Balaban J connectivity index is 2.36. The predicted octanol–water partition coefficient (Wildman–Crippen LogP) is 3.52. The molecule has 88 valence electrons. The second-order valence-corrected chi connectivity index (χ2v) is 5.13. The van der Waals surface area contributed by atoms with Crippen LogP contribution in [-0.2, 0) is 0 Å². The van der Waals surface area contributed by atoms with Crippen molar-refractivity contribution in [1.29, 1.82) is 0 Å². The summed E-state index contributed by atoms with van der Waals surface area (Å²) in [6.45, 7) is 1.60. The van der Waals surface area contributed by atoms with E-state index in [0.29, 0.717) is 0 Å². The second-order valence-electron chi connectivity index (χ2n) is 4.10. The van der Waals surface area contributed by atoms with Gasteiger partial charge in [-0.05, 0) is 18.2 Å². The first-order valence-electron chi connectivity index (χ1n) is 5.77. The zero-order valence-corrected chi connectivity index (χ0v) is 10.8. The lowest BCUT2D eigenvalue weighted by Gasteiger charge is -1.94. The van der Waals surface area contributed by atoms with Gasteiger partial charge < -0.3 is 0 Å². The number of nitrogens with zero attached hydrogens (tertiary/aromatic N) is 1.